The number of aromatic nitrogens is 1. The highest BCUT2D eigenvalue weighted by molar-refractivity contribution is 9.11. The van der Waals surface area contributed by atoms with Crippen LogP contribution < -0.4 is 10.6 Å². The van der Waals surface area contributed by atoms with Crippen molar-refractivity contribution in [1.29, 1.82) is 0 Å². The first-order valence-electron chi connectivity index (χ1n) is 6.10. The average molecular weight is 385 g/mol. The first kappa shape index (κ1) is 14.3. The zero-order valence-corrected chi connectivity index (χ0v) is 13.8. The van der Waals surface area contributed by atoms with Gasteiger partial charge in [0.2, 0.25) is 0 Å². The summed E-state index contributed by atoms with van der Waals surface area (Å²) in [5.41, 5.74) is 2.99. The molecule has 1 aromatic heterocycles. The molecule has 5 heteroatoms. The van der Waals surface area contributed by atoms with E-state index >= 15 is 0 Å². The number of anilines is 3. The summed E-state index contributed by atoms with van der Waals surface area (Å²) < 4.78 is 2.05. The summed E-state index contributed by atoms with van der Waals surface area (Å²) in [7, 11) is 0. The molecule has 0 aliphatic carbocycles. The third-order valence-electron chi connectivity index (χ3n) is 2.52. The van der Waals surface area contributed by atoms with Crippen LogP contribution in [-0.4, -0.2) is 11.5 Å². The lowest BCUT2D eigenvalue weighted by molar-refractivity contribution is 0.978. The van der Waals surface area contributed by atoms with E-state index in [0.717, 1.165) is 39.0 Å². The van der Waals surface area contributed by atoms with Gasteiger partial charge in [0, 0.05) is 15.5 Å². The van der Waals surface area contributed by atoms with E-state index in [2.05, 4.69) is 60.5 Å². The SMILES string of the molecule is CCCNc1cncc(Nc2cc(Br)ccc2Br)c1. The molecule has 1 aromatic carbocycles. The molecule has 19 heavy (non-hydrogen) atoms. The number of benzene rings is 1. The summed E-state index contributed by atoms with van der Waals surface area (Å²) in [5, 5.41) is 6.67. The van der Waals surface area contributed by atoms with Crippen LogP contribution in [0.1, 0.15) is 13.3 Å². The van der Waals surface area contributed by atoms with Gasteiger partial charge in [-0.25, -0.2) is 0 Å². The van der Waals surface area contributed by atoms with Crippen LogP contribution in [0.4, 0.5) is 17.1 Å². The van der Waals surface area contributed by atoms with E-state index in [-0.39, 0.29) is 0 Å². The van der Waals surface area contributed by atoms with Crippen molar-refractivity contribution in [1.82, 2.24) is 4.98 Å². The smallest absolute Gasteiger partial charge is 0.0591 e. The molecule has 0 atom stereocenters. The molecule has 1 heterocycles. The lowest BCUT2D eigenvalue weighted by atomic mass is 10.3. The molecule has 0 saturated heterocycles. The molecule has 0 amide bonds. The molecule has 2 aromatic rings. The minimum Gasteiger partial charge on any atom is -0.384 e. The second kappa shape index (κ2) is 6.91. The summed E-state index contributed by atoms with van der Waals surface area (Å²) in [4.78, 5) is 4.23. The number of nitrogens with zero attached hydrogens (tertiary/aromatic N) is 1. The third-order valence-corrected chi connectivity index (χ3v) is 3.71. The molecule has 100 valence electrons. The van der Waals surface area contributed by atoms with Gasteiger partial charge in [-0.3, -0.25) is 4.98 Å². The first-order chi connectivity index (χ1) is 9.19. The first-order valence-corrected chi connectivity index (χ1v) is 7.68. The van der Waals surface area contributed by atoms with E-state index in [1.807, 2.05) is 30.6 Å². The molecule has 0 aliphatic heterocycles. The molecular formula is C14H15Br2N3. The van der Waals surface area contributed by atoms with Gasteiger partial charge in [-0.1, -0.05) is 22.9 Å². The monoisotopic (exact) mass is 383 g/mol. The maximum Gasteiger partial charge on any atom is 0.0591 e. The second-order valence-electron chi connectivity index (χ2n) is 4.14. The van der Waals surface area contributed by atoms with E-state index in [1.165, 1.54) is 0 Å². The van der Waals surface area contributed by atoms with Crippen LogP contribution in [0.25, 0.3) is 0 Å². The van der Waals surface area contributed by atoms with Crippen molar-refractivity contribution in [2.45, 2.75) is 13.3 Å². The topological polar surface area (TPSA) is 37.0 Å². The molecular weight excluding hydrogens is 370 g/mol. The fourth-order valence-electron chi connectivity index (χ4n) is 1.62. The minimum atomic E-state index is 0.950. The van der Waals surface area contributed by atoms with Crippen molar-refractivity contribution >= 4 is 48.9 Å². The molecule has 2 rings (SSSR count). The summed E-state index contributed by atoms with van der Waals surface area (Å²) in [6.45, 7) is 3.09. The number of halogens is 2. The Labute approximate surface area is 130 Å². The van der Waals surface area contributed by atoms with Crippen LogP contribution in [0.2, 0.25) is 0 Å². The Kier molecular flexibility index (Phi) is 5.22. The predicted octanol–water partition coefficient (Wildman–Crippen LogP) is 5.17. The van der Waals surface area contributed by atoms with Crippen LogP contribution in [0, 0.1) is 0 Å². The molecule has 0 spiro atoms. The van der Waals surface area contributed by atoms with Gasteiger partial charge in [0.25, 0.3) is 0 Å². The summed E-state index contributed by atoms with van der Waals surface area (Å²) in [5.74, 6) is 0. The van der Waals surface area contributed by atoms with Crippen molar-refractivity contribution in [3.8, 4) is 0 Å². The van der Waals surface area contributed by atoms with Crippen LogP contribution >= 0.6 is 31.9 Å². The highest BCUT2D eigenvalue weighted by Gasteiger charge is 2.02. The van der Waals surface area contributed by atoms with Crippen LogP contribution in [0.15, 0.2) is 45.6 Å². The van der Waals surface area contributed by atoms with E-state index in [1.54, 1.807) is 0 Å². The molecule has 3 nitrogen and oxygen atoms in total. The molecule has 0 unspecified atom stereocenters. The largest absolute Gasteiger partial charge is 0.384 e. The Morgan fingerprint density at radius 1 is 1.11 bits per heavy atom. The van der Waals surface area contributed by atoms with Crippen molar-refractivity contribution in [3.05, 3.63) is 45.6 Å². The standard InChI is InChI=1S/C14H15Br2N3/c1-2-5-18-11-7-12(9-17-8-11)19-14-6-10(15)3-4-13(14)16/h3-4,6-9,18-19H,2,5H2,1H3. The highest BCUT2D eigenvalue weighted by atomic mass is 79.9. The predicted molar refractivity (Wildman–Crippen MR) is 88.1 cm³/mol. The van der Waals surface area contributed by atoms with E-state index in [0.29, 0.717) is 0 Å². The zero-order chi connectivity index (χ0) is 13.7. The van der Waals surface area contributed by atoms with Gasteiger partial charge >= 0.3 is 0 Å². The Hall–Kier alpha value is -1.07. The lowest BCUT2D eigenvalue weighted by Crippen LogP contribution is -2.01. The quantitative estimate of drug-likeness (QED) is 0.746. The van der Waals surface area contributed by atoms with Gasteiger partial charge in [0.1, 0.15) is 0 Å². The Morgan fingerprint density at radius 2 is 1.89 bits per heavy atom. The number of hydrogen-bond acceptors (Lipinski definition) is 3. The van der Waals surface area contributed by atoms with Crippen molar-refractivity contribution in [2.24, 2.45) is 0 Å². The van der Waals surface area contributed by atoms with E-state index < -0.39 is 0 Å². The number of hydrogen-bond donors (Lipinski definition) is 2. The summed E-state index contributed by atoms with van der Waals surface area (Å²) in [6, 6.07) is 8.07. The molecule has 0 aliphatic rings. The Morgan fingerprint density at radius 3 is 2.68 bits per heavy atom. The van der Waals surface area contributed by atoms with Gasteiger partial charge in [0.15, 0.2) is 0 Å². The number of pyridine rings is 1. The summed E-state index contributed by atoms with van der Waals surface area (Å²) >= 11 is 7.00. The molecule has 0 bridgehead atoms. The molecule has 0 saturated carbocycles. The number of rotatable bonds is 5. The fraction of sp³-hybridized carbons (Fsp3) is 0.214. The normalized spacial score (nSPS) is 10.3. The minimum absolute atomic E-state index is 0.950. The van der Waals surface area contributed by atoms with Crippen molar-refractivity contribution < 1.29 is 0 Å². The third kappa shape index (κ3) is 4.21. The number of nitrogens with one attached hydrogen (secondary N) is 2. The fourth-order valence-corrected chi connectivity index (χ4v) is 2.33. The zero-order valence-electron chi connectivity index (χ0n) is 10.6. The van der Waals surface area contributed by atoms with Crippen LogP contribution in [-0.2, 0) is 0 Å². The maximum absolute atomic E-state index is 4.23. The second-order valence-corrected chi connectivity index (χ2v) is 5.91. The lowest BCUT2D eigenvalue weighted by Gasteiger charge is -2.11. The van der Waals surface area contributed by atoms with Crippen molar-refractivity contribution in [2.75, 3.05) is 17.2 Å². The summed E-state index contributed by atoms with van der Waals surface area (Å²) in [6.07, 6.45) is 4.73. The Bertz CT molecular complexity index is 558. The van der Waals surface area contributed by atoms with Crippen molar-refractivity contribution in [3.63, 3.8) is 0 Å². The van der Waals surface area contributed by atoms with Gasteiger partial charge in [-0.15, -0.1) is 0 Å². The van der Waals surface area contributed by atoms with Gasteiger partial charge in [0.05, 0.1) is 29.5 Å². The maximum atomic E-state index is 4.23. The molecule has 2 N–H and O–H groups in total. The van der Waals surface area contributed by atoms with Crippen LogP contribution in [0.3, 0.4) is 0 Å². The van der Waals surface area contributed by atoms with Gasteiger partial charge < -0.3 is 10.6 Å². The van der Waals surface area contributed by atoms with Crippen LogP contribution in [0.5, 0.6) is 0 Å². The Balaban J connectivity index is 2.16. The molecule has 0 radical (unpaired) electrons. The van der Waals surface area contributed by atoms with E-state index in [9.17, 15) is 0 Å². The van der Waals surface area contributed by atoms with Gasteiger partial charge in [-0.05, 0) is 46.6 Å². The van der Waals surface area contributed by atoms with Gasteiger partial charge in [-0.2, -0.15) is 0 Å². The average Bonchev–Trinajstić information content (AvgIpc) is 2.41. The highest BCUT2D eigenvalue weighted by Crippen LogP contribution is 2.29. The molecule has 0 fully saturated rings. The van der Waals surface area contributed by atoms with E-state index in [4.69, 9.17) is 0 Å².